The van der Waals surface area contributed by atoms with Crippen molar-refractivity contribution in [2.45, 2.75) is 6.92 Å². The van der Waals surface area contributed by atoms with Crippen molar-refractivity contribution in [3.05, 3.63) is 39.5 Å². The summed E-state index contributed by atoms with van der Waals surface area (Å²) >= 11 is 9.43. The Morgan fingerprint density at radius 3 is 2.92 bits per heavy atom. The number of fused-ring (bicyclic) bond motifs is 1. The van der Waals surface area contributed by atoms with Crippen LogP contribution in [0.2, 0.25) is 5.02 Å². The lowest BCUT2D eigenvalue weighted by molar-refractivity contribution is 1.33. The first kappa shape index (κ1) is 8.97. The zero-order valence-corrected chi connectivity index (χ0v) is 9.35. The van der Waals surface area contributed by atoms with Crippen LogP contribution < -0.4 is 0 Å². The number of hydrogen-bond acceptors (Lipinski definition) is 1. The van der Waals surface area contributed by atoms with Crippen molar-refractivity contribution >= 4 is 38.4 Å². The van der Waals surface area contributed by atoms with Gasteiger partial charge >= 0.3 is 0 Å². The Morgan fingerprint density at radius 1 is 1.38 bits per heavy atom. The lowest BCUT2D eigenvalue weighted by Gasteiger charge is -2.02. The Balaban J connectivity index is 2.87. The van der Waals surface area contributed by atoms with Gasteiger partial charge in [0, 0.05) is 16.1 Å². The minimum absolute atomic E-state index is 0.678. The first-order chi connectivity index (χ1) is 6.18. The molecule has 0 aliphatic carbocycles. The van der Waals surface area contributed by atoms with E-state index in [1.165, 1.54) is 0 Å². The van der Waals surface area contributed by atoms with E-state index in [-0.39, 0.29) is 0 Å². The van der Waals surface area contributed by atoms with E-state index in [1.807, 2.05) is 25.3 Å². The third kappa shape index (κ3) is 1.56. The van der Waals surface area contributed by atoms with Gasteiger partial charge in [-0.05, 0) is 40.5 Å². The van der Waals surface area contributed by atoms with Gasteiger partial charge in [0.2, 0.25) is 0 Å². The summed E-state index contributed by atoms with van der Waals surface area (Å²) in [7, 11) is 0. The molecule has 0 atom stereocenters. The highest BCUT2D eigenvalue weighted by atomic mass is 79.9. The maximum absolute atomic E-state index is 6.07. The quantitative estimate of drug-likeness (QED) is 0.695. The molecule has 0 aliphatic heterocycles. The van der Waals surface area contributed by atoms with Gasteiger partial charge in [-0.2, -0.15) is 0 Å². The third-order valence-corrected chi connectivity index (χ3v) is 3.15. The highest BCUT2D eigenvalue weighted by Crippen LogP contribution is 2.29. The molecule has 0 radical (unpaired) electrons. The number of aromatic nitrogens is 1. The van der Waals surface area contributed by atoms with Gasteiger partial charge in [-0.3, -0.25) is 4.98 Å². The fourth-order valence-electron chi connectivity index (χ4n) is 1.25. The number of rotatable bonds is 0. The van der Waals surface area contributed by atoms with Crippen molar-refractivity contribution in [3.8, 4) is 0 Å². The monoisotopic (exact) mass is 255 g/mol. The second kappa shape index (κ2) is 3.28. The molecule has 1 heterocycles. The lowest BCUT2D eigenvalue weighted by Crippen LogP contribution is -1.82. The molecule has 0 aliphatic rings. The summed E-state index contributed by atoms with van der Waals surface area (Å²) in [6, 6.07) is 6.01. The van der Waals surface area contributed by atoms with Crippen LogP contribution in [0.3, 0.4) is 0 Å². The summed E-state index contributed by atoms with van der Waals surface area (Å²) in [4.78, 5) is 4.28. The topological polar surface area (TPSA) is 12.9 Å². The van der Waals surface area contributed by atoms with E-state index in [4.69, 9.17) is 11.6 Å². The standard InChI is InChI=1S/C10H7BrClN/c1-6-4-7-2-3-8(11)9(12)10(7)13-5-6/h2-5H,1H3. The first-order valence-electron chi connectivity index (χ1n) is 3.89. The maximum Gasteiger partial charge on any atom is 0.0899 e. The lowest BCUT2D eigenvalue weighted by atomic mass is 10.2. The van der Waals surface area contributed by atoms with Gasteiger partial charge < -0.3 is 0 Å². The number of pyridine rings is 1. The Morgan fingerprint density at radius 2 is 2.15 bits per heavy atom. The van der Waals surface area contributed by atoms with E-state index in [0.717, 1.165) is 20.9 Å². The van der Waals surface area contributed by atoms with E-state index in [9.17, 15) is 0 Å². The number of hydrogen-bond donors (Lipinski definition) is 0. The molecule has 0 amide bonds. The van der Waals surface area contributed by atoms with Crippen LogP contribution >= 0.6 is 27.5 Å². The van der Waals surface area contributed by atoms with Crippen molar-refractivity contribution in [1.82, 2.24) is 4.98 Å². The molecule has 66 valence electrons. The summed E-state index contributed by atoms with van der Waals surface area (Å²) in [5.41, 5.74) is 1.99. The fraction of sp³-hybridized carbons (Fsp3) is 0.100. The van der Waals surface area contributed by atoms with E-state index in [2.05, 4.69) is 27.0 Å². The second-order valence-corrected chi connectivity index (χ2v) is 4.18. The number of benzene rings is 1. The number of nitrogens with zero attached hydrogens (tertiary/aromatic N) is 1. The molecule has 1 nitrogen and oxygen atoms in total. The molecule has 0 bridgehead atoms. The summed E-state index contributed by atoms with van der Waals surface area (Å²) in [6.07, 6.45) is 1.82. The van der Waals surface area contributed by atoms with Crippen molar-refractivity contribution < 1.29 is 0 Å². The normalized spacial score (nSPS) is 10.7. The Hall–Kier alpha value is -0.600. The third-order valence-electron chi connectivity index (χ3n) is 1.88. The zero-order chi connectivity index (χ0) is 9.42. The van der Waals surface area contributed by atoms with Crippen LogP contribution in [0.5, 0.6) is 0 Å². The number of halogens is 2. The van der Waals surface area contributed by atoms with Crippen LogP contribution in [0, 0.1) is 6.92 Å². The molecule has 0 fully saturated rings. The average molecular weight is 257 g/mol. The van der Waals surface area contributed by atoms with E-state index >= 15 is 0 Å². The first-order valence-corrected chi connectivity index (χ1v) is 5.06. The van der Waals surface area contributed by atoms with Crippen molar-refractivity contribution in [3.63, 3.8) is 0 Å². The summed E-state index contributed by atoms with van der Waals surface area (Å²) in [5, 5.41) is 1.76. The molecular weight excluding hydrogens is 249 g/mol. The molecule has 1 aromatic carbocycles. The molecule has 0 spiro atoms. The highest BCUT2D eigenvalue weighted by Gasteiger charge is 2.03. The molecule has 3 heteroatoms. The van der Waals surface area contributed by atoms with Crippen molar-refractivity contribution in [2.24, 2.45) is 0 Å². The SMILES string of the molecule is Cc1cnc2c(Cl)c(Br)ccc2c1. The average Bonchev–Trinajstić information content (AvgIpc) is 2.12. The van der Waals surface area contributed by atoms with Gasteiger partial charge in [0.05, 0.1) is 10.5 Å². The van der Waals surface area contributed by atoms with E-state index < -0.39 is 0 Å². The van der Waals surface area contributed by atoms with Gasteiger partial charge in [0.15, 0.2) is 0 Å². The van der Waals surface area contributed by atoms with Crippen LogP contribution in [0.1, 0.15) is 5.56 Å². The summed E-state index contributed by atoms with van der Waals surface area (Å²) in [6.45, 7) is 2.02. The Bertz CT molecular complexity index is 468. The molecule has 0 saturated carbocycles. The summed E-state index contributed by atoms with van der Waals surface area (Å²) in [5.74, 6) is 0. The minimum atomic E-state index is 0.678. The molecule has 1 aromatic heterocycles. The molecule has 0 saturated heterocycles. The van der Waals surface area contributed by atoms with E-state index in [1.54, 1.807) is 0 Å². The molecule has 2 rings (SSSR count). The second-order valence-electron chi connectivity index (χ2n) is 2.95. The van der Waals surface area contributed by atoms with Gasteiger partial charge in [0.1, 0.15) is 0 Å². The molecule has 0 unspecified atom stereocenters. The zero-order valence-electron chi connectivity index (χ0n) is 7.01. The van der Waals surface area contributed by atoms with Gasteiger partial charge in [0.25, 0.3) is 0 Å². The Kier molecular flexibility index (Phi) is 2.26. The van der Waals surface area contributed by atoms with Crippen LogP contribution in [-0.2, 0) is 0 Å². The molecular formula is C10H7BrClN. The smallest absolute Gasteiger partial charge is 0.0899 e. The van der Waals surface area contributed by atoms with Gasteiger partial charge in [-0.25, -0.2) is 0 Å². The number of aryl methyl sites for hydroxylation is 1. The van der Waals surface area contributed by atoms with Crippen molar-refractivity contribution in [1.29, 1.82) is 0 Å². The predicted molar refractivity (Wildman–Crippen MR) is 59.2 cm³/mol. The van der Waals surface area contributed by atoms with Crippen LogP contribution in [0.15, 0.2) is 28.9 Å². The molecule has 0 N–H and O–H groups in total. The Labute approximate surface area is 89.9 Å². The molecule has 13 heavy (non-hydrogen) atoms. The predicted octanol–water partition coefficient (Wildman–Crippen LogP) is 3.96. The van der Waals surface area contributed by atoms with Crippen LogP contribution in [0.4, 0.5) is 0 Å². The van der Waals surface area contributed by atoms with Gasteiger partial charge in [-0.15, -0.1) is 0 Å². The minimum Gasteiger partial charge on any atom is -0.254 e. The van der Waals surface area contributed by atoms with Crippen molar-refractivity contribution in [2.75, 3.05) is 0 Å². The largest absolute Gasteiger partial charge is 0.254 e. The van der Waals surface area contributed by atoms with Gasteiger partial charge in [-0.1, -0.05) is 17.7 Å². The molecule has 2 aromatic rings. The summed E-state index contributed by atoms with van der Waals surface area (Å²) < 4.78 is 0.887. The van der Waals surface area contributed by atoms with Crippen LogP contribution in [-0.4, -0.2) is 4.98 Å². The van der Waals surface area contributed by atoms with Crippen LogP contribution in [0.25, 0.3) is 10.9 Å². The fourth-order valence-corrected chi connectivity index (χ4v) is 1.79. The maximum atomic E-state index is 6.07. The highest BCUT2D eigenvalue weighted by molar-refractivity contribution is 9.10. The van der Waals surface area contributed by atoms with E-state index in [0.29, 0.717) is 5.02 Å².